The summed E-state index contributed by atoms with van der Waals surface area (Å²) < 4.78 is 11.3. The van der Waals surface area contributed by atoms with Crippen molar-refractivity contribution in [1.29, 1.82) is 0 Å². The third kappa shape index (κ3) is 4.65. The van der Waals surface area contributed by atoms with Gasteiger partial charge < -0.3 is 19.7 Å². The Bertz CT molecular complexity index is 782. The molecule has 2 unspecified atom stereocenters. The summed E-state index contributed by atoms with van der Waals surface area (Å²) in [7, 11) is 0. The highest BCUT2D eigenvalue weighted by atomic mass is 16.5. The van der Waals surface area contributed by atoms with Crippen LogP contribution in [0.15, 0.2) is 48.5 Å². The van der Waals surface area contributed by atoms with Crippen LogP contribution in [0.25, 0.3) is 0 Å². The number of ether oxygens (including phenoxy) is 2. The zero-order chi connectivity index (χ0) is 19.3. The number of rotatable bonds is 6. The molecule has 0 aromatic heterocycles. The summed E-state index contributed by atoms with van der Waals surface area (Å²) in [5.41, 5.74) is 2.64. The molecule has 0 saturated carbocycles. The van der Waals surface area contributed by atoms with E-state index in [-0.39, 0.29) is 12.0 Å². The van der Waals surface area contributed by atoms with Crippen LogP contribution < -0.4 is 15.0 Å². The summed E-state index contributed by atoms with van der Waals surface area (Å²) in [6.45, 7) is 5.88. The van der Waals surface area contributed by atoms with Crippen molar-refractivity contribution in [3.05, 3.63) is 54.1 Å². The zero-order valence-corrected chi connectivity index (χ0v) is 16.4. The van der Waals surface area contributed by atoms with Gasteiger partial charge in [0.25, 0.3) is 5.91 Å². The van der Waals surface area contributed by atoms with Gasteiger partial charge in [-0.3, -0.25) is 4.79 Å². The number of hydrogen-bond donors (Lipinski definition) is 1. The first-order valence-electron chi connectivity index (χ1n) is 10.2. The van der Waals surface area contributed by atoms with Gasteiger partial charge in [-0.2, -0.15) is 0 Å². The molecule has 2 atom stereocenters. The van der Waals surface area contributed by atoms with Gasteiger partial charge in [0, 0.05) is 36.6 Å². The SMILES string of the molecule is CC1CCN(c2ccc(NC(=O)c3ccc(OCC4CCCO4)cc3)cc2)C1. The number of anilines is 2. The van der Waals surface area contributed by atoms with E-state index in [0.29, 0.717) is 12.2 Å². The van der Waals surface area contributed by atoms with E-state index >= 15 is 0 Å². The minimum atomic E-state index is -0.117. The fourth-order valence-electron chi connectivity index (χ4n) is 3.80. The van der Waals surface area contributed by atoms with Crippen molar-refractivity contribution in [2.75, 3.05) is 36.5 Å². The minimum absolute atomic E-state index is 0.117. The van der Waals surface area contributed by atoms with Gasteiger partial charge in [-0.15, -0.1) is 0 Å². The normalized spacial score (nSPS) is 21.7. The Kier molecular flexibility index (Phi) is 5.81. The highest BCUT2D eigenvalue weighted by Gasteiger charge is 2.19. The van der Waals surface area contributed by atoms with E-state index in [9.17, 15) is 4.79 Å². The molecule has 0 bridgehead atoms. The number of carbonyl (C=O) groups excluding carboxylic acids is 1. The Morgan fingerprint density at radius 1 is 1.14 bits per heavy atom. The summed E-state index contributed by atoms with van der Waals surface area (Å²) >= 11 is 0. The summed E-state index contributed by atoms with van der Waals surface area (Å²) in [6.07, 6.45) is 3.59. The number of nitrogens with one attached hydrogen (secondary N) is 1. The first-order valence-corrected chi connectivity index (χ1v) is 10.2. The third-order valence-electron chi connectivity index (χ3n) is 5.49. The number of hydrogen-bond acceptors (Lipinski definition) is 4. The van der Waals surface area contributed by atoms with E-state index in [4.69, 9.17) is 9.47 Å². The molecular formula is C23H28N2O3. The molecule has 2 fully saturated rings. The van der Waals surface area contributed by atoms with Crippen LogP contribution in [-0.4, -0.2) is 38.3 Å². The van der Waals surface area contributed by atoms with Gasteiger partial charge in [-0.1, -0.05) is 6.92 Å². The lowest BCUT2D eigenvalue weighted by molar-refractivity contribution is 0.0679. The maximum absolute atomic E-state index is 12.5. The van der Waals surface area contributed by atoms with Crippen LogP contribution in [0.4, 0.5) is 11.4 Å². The maximum Gasteiger partial charge on any atom is 0.255 e. The molecule has 5 nitrogen and oxygen atoms in total. The monoisotopic (exact) mass is 380 g/mol. The van der Waals surface area contributed by atoms with Gasteiger partial charge in [0.15, 0.2) is 0 Å². The first kappa shape index (κ1) is 18.8. The summed E-state index contributed by atoms with van der Waals surface area (Å²) in [5, 5.41) is 2.96. The fraction of sp³-hybridized carbons (Fsp3) is 0.435. The molecule has 1 amide bonds. The van der Waals surface area contributed by atoms with E-state index in [1.165, 1.54) is 12.1 Å². The predicted octanol–water partition coefficient (Wildman–Crippen LogP) is 4.34. The van der Waals surface area contributed by atoms with Crippen LogP contribution in [0.3, 0.4) is 0 Å². The smallest absolute Gasteiger partial charge is 0.255 e. The van der Waals surface area contributed by atoms with Crippen molar-refractivity contribution in [2.45, 2.75) is 32.3 Å². The molecule has 2 aliphatic rings. The van der Waals surface area contributed by atoms with Gasteiger partial charge in [-0.05, 0) is 73.7 Å². The van der Waals surface area contributed by atoms with Crippen LogP contribution in [0.2, 0.25) is 0 Å². The highest BCUT2D eigenvalue weighted by molar-refractivity contribution is 6.04. The van der Waals surface area contributed by atoms with E-state index in [2.05, 4.69) is 29.3 Å². The summed E-state index contributed by atoms with van der Waals surface area (Å²) in [4.78, 5) is 14.9. The molecule has 148 valence electrons. The Balaban J connectivity index is 1.30. The molecule has 1 N–H and O–H groups in total. The van der Waals surface area contributed by atoms with E-state index in [1.807, 2.05) is 24.3 Å². The van der Waals surface area contributed by atoms with Crippen molar-refractivity contribution >= 4 is 17.3 Å². The second-order valence-corrected chi connectivity index (χ2v) is 7.81. The van der Waals surface area contributed by atoms with Gasteiger partial charge >= 0.3 is 0 Å². The molecule has 0 spiro atoms. The molecule has 2 aromatic rings. The Morgan fingerprint density at radius 2 is 1.93 bits per heavy atom. The summed E-state index contributed by atoms with van der Waals surface area (Å²) in [6, 6.07) is 15.3. The van der Waals surface area contributed by atoms with Gasteiger partial charge in [0.1, 0.15) is 12.4 Å². The van der Waals surface area contributed by atoms with E-state index in [0.717, 1.165) is 49.9 Å². The van der Waals surface area contributed by atoms with Crippen molar-refractivity contribution in [3.8, 4) is 5.75 Å². The lowest BCUT2D eigenvalue weighted by atomic mass is 10.2. The average molecular weight is 380 g/mol. The lowest BCUT2D eigenvalue weighted by Gasteiger charge is -2.18. The largest absolute Gasteiger partial charge is 0.491 e. The van der Waals surface area contributed by atoms with Crippen LogP contribution in [0.5, 0.6) is 5.75 Å². The Labute approximate surface area is 166 Å². The van der Waals surface area contributed by atoms with Crippen LogP contribution in [0, 0.1) is 5.92 Å². The van der Waals surface area contributed by atoms with Crippen molar-refractivity contribution in [1.82, 2.24) is 0 Å². The van der Waals surface area contributed by atoms with Crippen LogP contribution in [-0.2, 0) is 4.74 Å². The summed E-state index contributed by atoms with van der Waals surface area (Å²) in [5.74, 6) is 1.39. The molecule has 2 heterocycles. The Hall–Kier alpha value is -2.53. The standard InChI is InChI=1S/C23H28N2O3/c1-17-12-13-25(15-17)20-8-6-19(7-9-20)24-23(26)18-4-10-21(11-5-18)28-16-22-3-2-14-27-22/h4-11,17,22H,2-3,12-16H2,1H3,(H,24,26). The molecular weight excluding hydrogens is 352 g/mol. The van der Waals surface area contributed by atoms with Gasteiger partial charge in [0.2, 0.25) is 0 Å². The number of carbonyl (C=O) groups is 1. The molecule has 0 radical (unpaired) electrons. The first-order chi connectivity index (χ1) is 13.7. The fourth-order valence-corrected chi connectivity index (χ4v) is 3.80. The quantitative estimate of drug-likeness (QED) is 0.810. The maximum atomic E-state index is 12.5. The third-order valence-corrected chi connectivity index (χ3v) is 5.49. The molecule has 0 aliphatic carbocycles. The molecule has 2 aromatic carbocycles. The van der Waals surface area contributed by atoms with E-state index in [1.54, 1.807) is 12.1 Å². The van der Waals surface area contributed by atoms with Gasteiger partial charge in [0.05, 0.1) is 6.10 Å². The topological polar surface area (TPSA) is 50.8 Å². The predicted molar refractivity (Wildman–Crippen MR) is 111 cm³/mol. The highest BCUT2D eigenvalue weighted by Crippen LogP contribution is 2.25. The molecule has 2 aliphatic heterocycles. The van der Waals surface area contributed by atoms with Gasteiger partial charge in [-0.25, -0.2) is 0 Å². The second kappa shape index (κ2) is 8.65. The second-order valence-electron chi connectivity index (χ2n) is 7.81. The number of amides is 1. The lowest BCUT2D eigenvalue weighted by Crippen LogP contribution is -2.19. The van der Waals surface area contributed by atoms with Crippen LogP contribution >= 0.6 is 0 Å². The number of benzene rings is 2. The number of nitrogens with zero attached hydrogens (tertiary/aromatic N) is 1. The van der Waals surface area contributed by atoms with Crippen molar-refractivity contribution < 1.29 is 14.3 Å². The molecule has 4 rings (SSSR count). The van der Waals surface area contributed by atoms with Crippen LogP contribution in [0.1, 0.15) is 36.5 Å². The molecule has 2 saturated heterocycles. The van der Waals surface area contributed by atoms with E-state index < -0.39 is 0 Å². The molecule has 5 heteroatoms. The van der Waals surface area contributed by atoms with Crippen molar-refractivity contribution in [2.24, 2.45) is 5.92 Å². The zero-order valence-electron chi connectivity index (χ0n) is 16.4. The Morgan fingerprint density at radius 3 is 2.57 bits per heavy atom. The molecule has 28 heavy (non-hydrogen) atoms. The van der Waals surface area contributed by atoms with Crippen molar-refractivity contribution in [3.63, 3.8) is 0 Å². The minimum Gasteiger partial charge on any atom is -0.491 e. The average Bonchev–Trinajstić information content (AvgIpc) is 3.39.